The van der Waals surface area contributed by atoms with Gasteiger partial charge in [-0.1, -0.05) is 27.7 Å². The predicted molar refractivity (Wildman–Crippen MR) is 248 cm³/mol. The minimum absolute atomic E-state index is 0.00854. The van der Waals surface area contributed by atoms with E-state index in [0.29, 0.717) is 6.42 Å². The monoisotopic (exact) mass is 970 g/mol. The second kappa shape index (κ2) is 29.4. The number of carboxylic acid groups (broad SMARTS) is 1. The highest BCUT2D eigenvalue weighted by atomic mass is 16.4. The summed E-state index contributed by atoms with van der Waals surface area (Å²) in [5.41, 5.74) is 32.7. The number of carbonyl (C=O) groups is 9. The van der Waals surface area contributed by atoms with E-state index in [1.165, 1.54) is 18.7 Å². The molecule has 1 heterocycles. The molecule has 386 valence electrons. The van der Waals surface area contributed by atoms with Crippen molar-refractivity contribution in [3.63, 3.8) is 0 Å². The van der Waals surface area contributed by atoms with Crippen LogP contribution in [0.3, 0.4) is 0 Å². The summed E-state index contributed by atoms with van der Waals surface area (Å²) in [4.78, 5) is 129. The number of aliphatic imine (C=N–C) groups is 2. The Hall–Kier alpha value is -6.35. The van der Waals surface area contributed by atoms with Crippen LogP contribution in [0, 0.1) is 11.8 Å². The average molecular weight is 970 g/mol. The van der Waals surface area contributed by atoms with E-state index in [-0.39, 0.29) is 82.4 Å². The third-order valence-electron chi connectivity index (χ3n) is 10.7. The number of carboxylic acids is 1. The minimum Gasteiger partial charge on any atom is -0.480 e. The number of amides is 8. The number of likely N-dealkylation sites (tertiary alicyclic amines) is 1. The molecule has 0 aliphatic carbocycles. The van der Waals surface area contributed by atoms with Gasteiger partial charge in [-0.2, -0.15) is 0 Å². The normalized spacial score (nSPS) is 17.4. The number of nitrogens with two attached hydrogens (primary N) is 6. The maximum Gasteiger partial charge on any atom is 0.326 e. The summed E-state index contributed by atoms with van der Waals surface area (Å²) in [6.45, 7) is 9.38. The molecule has 10 unspecified atom stereocenters. The molecule has 68 heavy (non-hydrogen) atoms. The first kappa shape index (κ1) is 59.7. The Balaban J connectivity index is 3.43. The van der Waals surface area contributed by atoms with Gasteiger partial charge >= 0.3 is 5.97 Å². The van der Waals surface area contributed by atoms with Crippen molar-refractivity contribution in [2.75, 3.05) is 19.6 Å². The van der Waals surface area contributed by atoms with Crippen LogP contribution >= 0.6 is 0 Å². The Morgan fingerprint density at radius 3 is 1.60 bits per heavy atom. The number of hydrogen-bond donors (Lipinski definition) is 15. The standard InChI is InChI=1S/C41H75N15O12/c1-19(2)18-26(53-37(65)31(22(6)58)55-35(63)29(43)21(5)57)33(61)50-23(13-14-28(42)59)32(60)54-30(20(3)4)36(64)51-24(10-7-15-48-40(44)45)38(66)56-17-9-12-27(56)34(62)52-25(39(67)68)11-8-16-49-41(46)47/h19-27,29-31,57-58H,7-18,43H2,1-6H3,(H2,42,59)(H,50,61)(H,51,64)(H,52,62)(H,53,65)(H,54,60)(H,55,63)(H,67,68)(H4,44,45,48)(H4,46,47,49). The highest BCUT2D eigenvalue weighted by Crippen LogP contribution is 2.21. The van der Waals surface area contributed by atoms with Crippen molar-refractivity contribution in [1.29, 1.82) is 0 Å². The highest BCUT2D eigenvalue weighted by Gasteiger charge is 2.40. The predicted octanol–water partition coefficient (Wildman–Crippen LogP) is -5.87. The number of primary amides is 1. The van der Waals surface area contributed by atoms with Gasteiger partial charge in [-0.05, 0) is 77.0 Å². The maximum absolute atomic E-state index is 14.2. The molecule has 0 saturated carbocycles. The van der Waals surface area contributed by atoms with Crippen LogP contribution in [-0.4, -0.2) is 166 Å². The van der Waals surface area contributed by atoms with Crippen LogP contribution in [-0.2, 0) is 43.2 Å². The van der Waals surface area contributed by atoms with Gasteiger partial charge in [0, 0.05) is 26.1 Å². The first-order valence-corrected chi connectivity index (χ1v) is 22.5. The number of rotatable bonds is 30. The quantitative estimate of drug-likeness (QED) is 0.0181. The topological polar surface area (TPSA) is 471 Å². The number of nitrogens with zero attached hydrogens (tertiary/aromatic N) is 3. The maximum atomic E-state index is 14.2. The Morgan fingerprint density at radius 1 is 0.618 bits per heavy atom. The summed E-state index contributed by atoms with van der Waals surface area (Å²) in [5, 5.41) is 44.8. The molecule has 1 aliphatic rings. The van der Waals surface area contributed by atoms with Gasteiger partial charge < -0.3 is 86.5 Å². The number of aliphatic hydroxyl groups is 2. The van der Waals surface area contributed by atoms with Crippen LogP contribution in [0.5, 0.6) is 0 Å². The van der Waals surface area contributed by atoms with E-state index < -0.39 is 126 Å². The van der Waals surface area contributed by atoms with E-state index in [2.05, 4.69) is 41.9 Å². The molecule has 1 aliphatic heterocycles. The van der Waals surface area contributed by atoms with Crippen LogP contribution in [0.1, 0.15) is 99.3 Å². The smallest absolute Gasteiger partial charge is 0.326 e. The Bertz CT molecular complexity index is 1800. The summed E-state index contributed by atoms with van der Waals surface area (Å²) in [6, 6.07) is -11.0. The molecule has 0 aromatic carbocycles. The van der Waals surface area contributed by atoms with Crippen LogP contribution in [0.4, 0.5) is 0 Å². The average Bonchev–Trinajstić information content (AvgIpc) is 3.74. The number of nitrogens with one attached hydrogen (secondary N) is 6. The van der Waals surface area contributed by atoms with Crippen molar-refractivity contribution in [1.82, 2.24) is 36.8 Å². The number of carbonyl (C=O) groups excluding carboxylic acids is 8. The van der Waals surface area contributed by atoms with Crippen molar-refractivity contribution in [3.8, 4) is 0 Å². The van der Waals surface area contributed by atoms with Crippen molar-refractivity contribution >= 4 is 65.1 Å². The van der Waals surface area contributed by atoms with Crippen LogP contribution in [0.15, 0.2) is 9.98 Å². The fourth-order valence-electron chi connectivity index (χ4n) is 7.01. The summed E-state index contributed by atoms with van der Waals surface area (Å²) in [7, 11) is 0. The van der Waals surface area contributed by atoms with Gasteiger partial charge in [-0.15, -0.1) is 0 Å². The molecule has 0 aromatic rings. The van der Waals surface area contributed by atoms with Crippen LogP contribution < -0.4 is 66.3 Å². The van der Waals surface area contributed by atoms with Crippen molar-refractivity contribution < 1.29 is 58.5 Å². The second-order valence-corrected chi connectivity index (χ2v) is 17.5. The lowest BCUT2D eigenvalue weighted by Gasteiger charge is -2.31. The van der Waals surface area contributed by atoms with Gasteiger partial charge in [0.05, 0.1) is 12.2 Å². The first-order chi connectivity index (χ1) is 31.7. The van der Waals surface area contributed by atoms with E-state index >= 15 is 0 Å². The Labute approximate surface area is 395 Å². The summed E-state index contributed by atoms with van der Waals surface area (Å²) in [5.74, 6) is -9.48. The number of aliphatic hydroxyl groups excluding tert-OH is 2. The third kappa shape index (κ3) is 21.1. The number of guanidine groups is 2. The van der Waals surface area contributed by atoms with E-state index in [1.54, 1.807) is 27.7 Å². The molecule has 1 fully saturated rings. The number of hydrogen-bond acceptors (Lipinski definition) is 14. The van der Waals surface area contributed by atoms with E-state index in [1.807, 2.05) is 0 Å². The molecule has 27 nitrogen and oxygen atoms in total. The zero-order valence-corrected chi connectivity index (χ0v) is 39.7. The van der Waals surface area contributed by atoms with Crippen molar-refractivity contribution in [2.45, 2.75) is 160 Å². The van der Waals surface area contributed by atoms with Gasteiger partial charge in [0.25, 0.3) is 0 Å². The van der Waals surface area contributed by atoms with Gasteiger partial charge in [-0.25, -0.2) is 4.79 Å². The van der Waals surface area contributed by atoms with Gasteiger partial charge in [0.15, 0.2) is 11.9 Å². The summed E-state index contributed by atoms with van der Waals surface area (Å²) < 4.78 is 0. The minimum atomic E-state index is -1.62. The highest BCUT2D eigenvalue weighted by molar-refractivity contribution is 5.98. The summed E-state index contributed by atoms with van der Waals surface area (Å²) >= 11 is 0. The molecular weight excluding hydrogens is 895 g/mol. The molecule has 1 saturated heterocycles. The SMILES string of the molecule is CC(C)CC(NC(=O)C(NC(=O)C(N)C(C)O)C(C)O)C(=O)NC(CCC(N)=O)C(=O)NC(C(=O)NC(CCCN=C(N)N)C(=O)N1CCCC1C(=O)NC(CCCN=C(N)N)C(=O)O)C(C)C. The van der Waals surface area contributed by atoms with Gasteiger partial charge in [0.2, 0.25) is 47.3 Å². The fraction of sp³-hybridized carbons (Fsp3) is 0.732. The molecular formula is C41H75N15O12. The van der Waals surface area contributed by atoms with Gasteiger partial charge in [0.1, 0.15) is 48.3 Å². The molecule has 21 N–H and O–H groups in total. The van der Waals surface area contributed by atoms with Crippen LogP contribution in [0.2, 0.25) is 0 Å². The lowest BCUT2D eigenvalue weighted by Crippen LogP contribution is -2.62. The number of aliphatic carboxylic acids is 1. The lowest BCUT2D eigenvalue weighted by molar-refractivity contribution is -0.145. The lowest BCUT2D eigenvalue weighted by atomic mass is 9.99. The molecule has 10 atom stereocenters. The second-order valence-electron chi connectivity index (χ2n) is 17.5. The molecule has 0 spiro atoms. The Morgan fingerprint density at radius 2 is 1.12 bits per heavy atom. The Kier molecular flexibility index (Phi) is 25.8. The molecule has 0 bridgehead atoms. The fourth-order valence-corrected chi connectivity index (χ4v) is 7.01. The van der Waals surface area contributed by atoms with Crippen molar-refractivity contribution in [2.24, 2.45) is 56.2 Å². The van der Waals surface area contributed by atoms with E-state index in [0.717, 1.165) is 0 Å². The molecule has 27 heteroatoms. The first-order valence-electron chi connectivity index (χ1n) is 22.5. The van der Waals surface area contributed by atoms with E-state index in [9.17, 15) is 58.5 Å². The molecule has 1 rings (SSSR count). The zero-order valence-electron chi connectivity index (χ0n) is 39.7. The molecule has 8 amide bonds. The third-order valence-corrected chi connectivity index (χ3v) is 10.7. The van der Waals surface area contributed by atoms with E-state index in [4.69, 9.17) is 34.4 Å². The molecule has 0 radical (unpaired) electrons. The largest absolute Gasteiger partial charge is 0.480 e. The summed E-state index contributed by atoms with van der Waals surface area (Å²) in [6.07, 6.45) is -2.64. The van der Waals surface area contributed by atoms with Gasteiger partial charge in [-0.3, -0.25) is 48.3 Å². The van der Waals surface area contributed by atoms with Crippen molar-refractivity contribution in [3.05, 3.63) is 0 Å². The van der Waals surface area contributed by atoms with Crippen LogP contribution in [0.25, 0.3) is 0 Å². The molecule has 0 aromatic heterocycles. The zero-order chi connectivity index (χ0) is 52.0.